The van der Waals surface area contributed by atoms with Crippen molar-refractivity contribution in [1.29, 1.82) is 0 Å². The van der Waals surface area contributed by atoms with E-state index >= 15 is 0 Å². The van der Waals surface area contributed by atoms with Gasteiger partial charge in [-0.05, 0) is 96.3 Å². The average Bonchev–Trinajstić information content (AvgIpc) is 0.760. The van der Waals surface area contributed by atoms with E-state index in [1.54, 1.807) is 6.08 Å². The third kappa shape index (κ3) is 47.6. The summed E-state index contributed by atoms with van der Waals surface area (Å²) < 4.78 is 34.5. The lowest BCUT2D eigenvalue weighted by Gasteiger charge is -2.48. The minimum Gasteiger partial charge on any atom is -0.394 e. The van der Waals surface area contributed by atoms with Gasteiger partial charge in [-0.25, -0.2) is 0 Å². The van der Waals surface area contributed by atoms with Crippen molar-refractivity contribution in [2.45, 2.75) is 413 Å². The van der Waals surface area contributed by atoms with Crippen LogP contribution in [-0.2, 0) is 33.2 Å². The molecule has 3 saturated heterocycles. The van der Waals surface area contributed by atoms with Crippen LogP contribution in [0.1, 0.15) is 309 Å². The van der Waals surface area contributed by atoms with Crippen molar-refractivity contribution in [1.82, 2.24) is 5.32 Å². The van der Waals surface area contributed by atoms with Gasteiger partial charge in [0.2, 0.25) is 5.91 Å². The van der Waals surface area contributed by atoms with Gasteiger partial charge in [-0.2, -0.15) is 0 Å². The largest absolute Gasteiger partial charge is 0.394 e. The van der Waals surface area contributed by atoms with Crippen molar-refractivity contribution in [2.24, 2.45) is 0 Å². The first-order valence-corrected chi connectivity index (χ1v) is 43.3. The van der Waals surface area contributed by atoms with Crippen LogP contribution >= 0.6 is 0 Å². The number of hydrogen-bond acceptors (Lipinski definition) is 18. The van der Waals surface area contributed by atoms with Gasteiger partial charge in [0.15, 0.2) is 18.9 Å². The van der Waals surface area contributed by atoms with Crippen molar-refractivity contribution in [2.75, 3.05) is 26.4 Å². The van der Waals surface area contributed by atoms with Gasteiger partial charge in [0, 0.05) is 6.42 Å². The molecule has 3 fully saturated rings. The molecular formula is C90H155NO18. The molecule has 0 saturated carbocycles. The Hall–Kier alpha value is -3.81. The topological polar surface area (TPSA) is 307 Å². The van der Waals surface area contributed by atoms with E-state index in [9.17, 15) is 61.0 Å². The molecule has 109 heavy (non-hydrogen) atoms. The predicted octanol–water partition coefficient (Wildman–Crippen LogP) is 15.8. The number of hydrogen-bond donors (Lipinski definition) is 12. The van der Waals surface area contributed by atoms with E-state index in [0.717, 1.165) is 103 Å². The van der Waals surface area contributed by atoms with Gasteiger partial charge in [-0.3, -0.25) is 4.79 Å². The van der Waals surface area contributed by atoms with Gasteiger partial charge >= 0.3 is 0 Å². The fourth-order valence-electron chi connectivity index (χ4n) is 13.9. The zero-order chi connectivity index (χ0) is 78.8. The summed E-state index contributed by atoms with van der Waals surface area (Å²) in [4.78, 5) is 13.5. The van der Waals surface area contributed by atoms with Gasteiger partial charge in [0.1, 0.15) is 73.2 Å². The number of carbonyl (C=O) groups is 1. The van der Waals surface area contributed by atoms with Crippen LogP contribution < -0.4 is 5.32 Å². The van der Waals surface area contributed by atoms with E-state index in [1.807, 2.05) is 6.08 Å². The molecule has 19 heteroatoms. The summed E-state index contributed by atoms with van der Waals surface area (Å²) in [5, 5.41) is 121. The minimum atomic E-state index is -1.99. The molecule has 0 bridgehead atoms. The van der Waals surface area contributed by atoms with E-state index in [-0.39, 0.29) is 18.9 Å². The van der Waals surface area contributed by atoms with Gasteiger partial charge in [0.05, 0.1) is 38.6 Å². The summed E-state index contributed by atoms with van der Waals surface area (Å²) in [7, 11) is 0. The van der Waals surface area contributed by atoms with Gasteiger partial charge < -0.3 is 89.9 Å². The maximum Gasteiger partial charge on any atom is 0.220 e. The first-order valence-electron chi connectivity index (χ1n) is 43.3. The second kappa shape index (κ2) is 68.6. The number of carbonyl (C=O) groups excluding carboxylic acids is 1. The Balaban J connectivity index is 1.36. The molecule has 628 valence electrons. The highest BCUT2D eigenvalue weighted by molar-refractivity contribution is 5.76. The highest BCUT2D eigenvalue weighted by Crippen LogP contribution is 2.33. The fraction of sp³-hybridized carbons (Fsp3) is 0.767. The van der Waals surface area contributed by atoms with Gasteiger partial charge in [-0.15, -0.1) is 0 Å². The van der Waals surface area contributed by atoms with Crippen LogP contribution in [-0.4, -0.2) is 193 Å². The first-order chi connectivity index (χ1) is 53.3. The number of aliphatic hydroxyl groups is 11. The molecule has 0 aromatic rings. The zero-order valence-electron chi connectivity index (χ0n) is 67.5. The molecule has 12 N–H and O–H groups in total. The molecule has 17 atom stereocenters. The molecule has 0 radical (unpaired) electrons. The molecular weight excluding hydrogens is 1380 g/mol. The van der Waals surface area contributed by atoms with Crippen LogP contribution in [0.4, 0.5) is 0 Å². The summed E-state index contributed by atoms with van der Waals surface area (Å²) >= 11 is 0. The summed E-state index contributed by atoms with van der Waals surface area (Å²) in [6.45, 7) is 1.63. The van der Waals surface area contributed by atoms with Crippen molar-refractivity contribution in [3.05, 3.63) is 122 Å². The predicted molar refractivity (Wildman–Crippen MR) is 438 cm³/mol. The van der Waals surface area contributed by atoms with E-state index < -0.39 is 124 Å². The Morgan fingerprint density at radius 2 is 0.642 bits per heavy atom. The first kappa shape index (κ1) is 99.4. The molecule has 3 aliphatic heterocycles. The van der Waals surface area contributed by atoms with Crippen LogP contribution in [0.2, 0.25) is 0 Å². The van der Waals surface area contributed by atoms with Crippen molar-refractivity contribution >= 4 is 5.91 Å². The van der Waals surface area contributed by atoms with Crippen LogP contribution in [0.15, 0.2) is 122 Å². The summed E-state index contributed by atoms with van der Waals surface area (Å²) in [5.41, 5.74) is 0. The molecule has 17 unspecified atom stereocenters. The van der Waals surface area contributed by atoms with E-state index in [0.29, 0.717) is 12.8 Å². The normalized spacial score (nSPS) is 25.9. The number of rotatable bonds is 68. The smallest absolute Gasteiger partial charge is 0.220 e. The zero-order valence-corrected chi connectivity index (χ0v) is 67.5. The lowest BCUT2D eigenvalue weighted by atomic mass is 9.96. The fourth-order valence-corrected chi connectivity index (χ4v) is 13.9. The monoisotopic (exact) mass is 1540 g/mol. The number of amides is 1. The van der Waals surface area contributed by atoms with Crippen LogP contribution in [0, 0.1) is 0 Å². The molecule has 0 aliphatic carbocycles. The molecule has 1 amide bonds. The summed E-state index contributed by atoms with van der Waals surface area (Å²) in [6.07, 6.45) is 70.5. The number of allylic oxidation sites excluding steroid dienone is 19. The molecule has 3 heterocycles. The Morgan fingerprint density at radius 3 is 1.03 bits per heavy atom. The Bertz CT molecular complexity index is 2440. The summed E-state index contributed by atoms with van der Waals surface area (Å²) in [6, 6.07) is -1.00. The number of nitrogens with one attached hydrogen (secondary N) is 1. The lowest BCUT2D eigenvalue weighted by Crippen LogP contribution is -2.66. The molecule has 3 rings (SSSR count). The Morgan fingerprint density at radius 1 is 0.339 bits per heavy atom. The summed E-state index contributed by atoms with van der Waals surface area (Å²) in [5.74, 6) is -0.289. The third-order valence-corrected chi connectivity index (χ3v) is 20.7. The maximum atomic E-state index is 13.5. The highest BCUT2D eigenvalue weighted by Gasteiger charge is 2.54. The van der Waals surface area contributed by atoms with E-state index in [4.69, 9.17) is 28.4 Å². The molecule has 0 aromatic carbocycles. The van der Waals surface area contributed by atoms with Crippen molar-refractivity contribution in [3.8, 4) is 0 Å². The van der Waals surface area contributed by atoms with Crippen molar-refractivity contribution in [3.63, 3.8) is 0 Å². The quantitative estimate of drug-likeness (QED) is 0.0199. The van der Waals surface area contributed by atoms with Crippen molar-refractivity contribution < 1.29 is 89.4 Å². The maximum absolute atomic E-state index is 13.5. The number of ether oxygens (including phenoxy) is 6. The molecule has 19 nitrogen and oxygen atoms in total. The molecule has 0 aromatic heterocycles. The minimum absolute atomic E-state index is 0.226. The Kier molecular flexibility index (Phi) is 62.5. The molecule has 0 spiro atoms. The standard InChI is InChI=1S/C90H155NO18/c1-3-5-7-9-11-13-15-17-19-21-23-25-27-29-31-32-33-34-35-36-37-38-39-40-42-44-46-48-50-52-54-56-58-60-62-64-66-68-78(96)91-73(74(95)67-65-63-61-59-57-55-53-51-49-47-45-43-41-30-28-26-24-22-20-18-16-14-12-10-8-6-4-2)72-104-88-84(102)81(99)86(76(70-93)106-88)109-90-85(103)82(100)87(77(71-94)107-90)108-89-83(101)80(98)79(97)75(69-92)105-89/h5,7,11,13,17,19,23,25,29,31,33-34,36-37,39-40,57,59,65,67,73-77,79-90,92-95,97-103H,3-4,6,8-10,12,14-16,18,20-22,24,26-28,30,32,35,38,41-56,58,60-64,66,68-72H2,1-2H3,(H,91,96)/b7-5-,13-11-,19-17-,25-23-,31-29-,34-33-,37-36-,40-39-,59-57+,67-65+. The van der Waals surface area contributed by atoms with E-state index in [1.165, 1.54) is 173 Å². The average molecular weight is 1540 g/mol. The highest BCUT2D eigenvalue weighted by atomic mass is 16.8. The number of unbranched alkanes of at least 4 members (excludes halogenated alkanes) is 34. The molecule has 3 aliphatic rings. The number of aliphatic hydroxyl groups excluding tert-OH is 11. The second-order valence-corrected chi connectivity index (χ2v) is 30.3. The van der Waals surface area contributed by atoms with Gasteiger partial charge in [-0.1, -0.05) is 328 Å². The lowest BCUT2D eigenvalue weighted by molar-refractivity contribution is -0.379. The Labute approximate surface area is 658 Å². The van der Waals surface area contributed by atoms with Gasteiger partial charge in [0.25, 0.3) is 0 Å². The third-order valence-electron chi connectivity index (χ3n) is 20.7. The van der Waals surface area contributed by atoms with Crippen LogP contribution in [0.3, 0.4) is 0 Å². The second-order valence-electron chi connectivity index (χ2n) is 30.3. The van der Waals surface area contributed by atoms with E-state index in [2.05, 4.69) is 129 Å². The SMILES string of the molecule is CC/C=C\C/C=C\C/C=C\C/C=C\C/C=C\C/C=C\C/C=C\C/C=C\CCCCCCCCCCCCCCC(=O)NC(COC1OC(CO)C(OC2OC(CO)C(OC3OC(CO)C(O)C(O)C3O)C(O)C2O)C(O)C1O)C(O)/C=C/CC/C=C/CCCCCCCCCCCCCCCCCCCCCCC. The van der Waals surface area contributed by atoms with Crippen LogP contribution in [0.5, 0.6) is 0 Å². The van der Waals surface area contributed by atoms with Crippen LogP contribution in [0.25, 0.3) is 0 Å².